The van der Waals surface area contributed by atoms with Gasteiger partial charge in [0.05, 0.1) is 10.6 Å². The number of ether oxygens (including phenoxy) is 1. The average molecular weight is 415 g/mol. The van der Waals surface area contributed by atoms with Crippen molar-refractivity contribution in [3.63, 3.8) is 0 Å². The highest BCUT2D eigenvalue weighted by Crippen LogP contribution is 2.35. The van der Waals surface area contributed by atoms with E-state index in [1.807, 2.05) is 37.3 Å². The molecule has 1 saturated heterocycles. The van der Waals surface area contributed by atoms with E-state index in [9.17, 15) is 9.90 Å². The normalized spacial score (nSPS) is 16.6. The van der Waals surface area contributed by atoms with Crippen molar-refractivity contribution in [2.45, 2.75) is 38.8 Å². The van der Waals surface area contributed by atoms with Crippen LogP contribution in [0.1, 0.15) is 35.1 Å². The Morgan fingerprint density at radius 2 is 2.03 bits per heavy atom. The van der Waals surface area contributed by atoms with Crippen molar-refractivity contribution >= 4 is 22.6 Å². The van der Waals surface area contributed by atoms with E-state index in [1.54, 1.807) is 6.07 Å². The molecule has 29 heavy (non-hydrogen) atoms. The van der Waals surface area contributed by atoms with Gasteiger partial charge < -0.3 is 19.6 Å². The number of benzene rings is 2. The first-order valence-corrected chi connectivity index (χ1v) is 10.4. The molecule has 5 nitrogen and oxygen atoms in total. The van der Waals surface area contributed by atoms with Gasteiger partial charge in [0, 0.05) is 24.0 Å². The van der Waals surface area contributed by atoms with Crippen LogP contribution in [0.3, 0.4) is 0 Å². The molecule has 2 aromatic carbocycles. The molecular formula is C23H25ClNO4+. The van der Waals surface area contributed by atoms with Gasteiger partial charge >= 0.3 is 5.63 Å². The van der Waals surface area contributed by atoms with E-state index < -0.39 is 0 Å². The summed E-state index contributed by atoms with van der Waals surface area (Å²) in [5, 5.41) is 13.6. The zero-order valence-corrected chi connectivity index (χ0v) is 17.2. The van der Waals surface area contributed by atoms with E-state index in [0.29, 0.717) is 29.7 Å². The molecule has 3 aromatic rings. The van der Waals surface area contributed by atoms with Crippen LogP contribution in [0.5, 0.6) is 5.75 Å². The second-order valence-electron chi connectivity index (χ2n) is 7.58. The van der Waals surface area contributed by atoms with Crippen molar-refractivity contribution in [3.05, 3.63) is 74.1 Å². The zero-order valence-electron chi connectivity index (χ0n) is 16.4. The van der Waals surface area contributed by atoms with E-state index >= 15 is 0 Å². The zero-order chi connectivity index (χ0) is 20.4. The molecule has 1 aliphatic heterocycles. The quantitative estimate of drug-likeness (QED) is 0.607. The molecule has 0 radical (unpaired) electrons. The number of rotatable bonds is 6. The highest BCUT2D eigenvalue weighted by molar-refractivity contribution is 6.33. The van der Waals surface area contributed by atoms with Gasteiger partial charge in [0.25, 0.3) is 0 Å². The molecule has 3 N–H and O–H groups in total. The Bertz CT molecular complexity index is 1070. The number of aryl methyl sites for hydroxylation is 1. The number of quaternary nitrogens is 1. The number of nitrogens with two attached hydrogens (primary N) is 1. The molecule has 0 saturated carbocycles. The molecule has 1 fully saturated rings. The van der Waals surface area contributed by atoms with Gasteiger partial charge in [-0.3, -0.25) is 0 Å². The second kappa shape index (κ2) is 8.57. The molecule has 1 atom stereocenters. The number of halogens is 1. The third kappa shape index (κ3) is 4.17. The molecule has 4 rings (SSSR count). The number of hydrogen-bond donors (Lipinski definition) is 2. The maximum Gasteiger partial charge on any atom is 0.340 e. The number of fused-ring (bicyclic) bond motifs is 1. The van der Waals surface area contributed by atoms with Crippen molar-refractivity contribution in [2.75, 3.05) is 13.2 Å². The van der Waals surface area contributed by atoms with Crippen molar-refractivity contribution < 1.29 is 19.6 Å². The van der Waals surface area contributed by atoms with Crippen molar-refractivity contribution in [3.8, 4) is 5.75 Å². The molecule has 152 valence electrons. The van der Waals surface area contributed by atoms with Crippen LogP contribution < -0.4 is 10.9 Å². The smallest absolute Gasteiger partial charge is 0.340 e. The van der Waals surface area contributed by atoms with Crippen LogP contribution in [-0.4, -0.2) is 24.4 Å². The third-order valence-corrected chi connectivity index (χ3v) is 5.91. The summed E-state index contributed by atoms with van der Waals surface area (Å²) in [4.78, 5) is 12.8. The highest BCUT2D eigenvalue weighted by atomic mass is 35.5. The topological polar surface area (TPSA) is 76.3 Å². The van der Waals surface area contributed by atoms with Crippen molar-refractivity contribution in [1.29, 1.82) is 0 Å². The lowest BCUT2D eigenvalue weighted by molar-refractivity contribution is -0.676. The summed E-state index contributed by atoms with van der Waals surface area (Å²) in [6.45, 7) is 3.97. The Hall–Kier alpha value is -2.34. The fraction of sp³-hybridized carbons (Fsp3) is 0.348. The SMILES string of the molecule is Cc1c(Cc2ccccc2)c(=O)oc2c(C[NH2+]C[C@@H]3CCCO3)c(O)c(Cl)cc12. The predicted molar refractivity (Wildman–Crippen MR) is 113 cm³/mol. The van der Waals surface area contributed by atoms with Crippen LogP contribution in [0, 0.1) is 6.92 Å². The standard InChI is InChI=1S/C23H24ClNO4/c1-14-17-11-20(24)21(26)19(13-25-12-16-8-5-9-28-16)22(17)29-23(27)18(14)10-15-6-3-2-4-7-15/h2-4,6-7,11,16,25-26H,5,8-10,12-13H2,1H3/p+1/t16-/m0/s1. The van der Waals surface area contributed by atoms with Crippen molar-refractivity contribution in [1.82, 2.24) is 0 Å². The maximum absolute atomic E-state index is 12.8. The van der Waals surface area contributed by atoms with Crippen LogP contribution in [0.15, 0.2) is 45.6 Å². The molecule has 0 aliphatic carbocycles. The van der Waals surface area contributed by atoms with Gasteiger partial charge in [-0.15, -0.1) is 0 Å². The molecule has 6 heteroatoms. The average Bonchev–Trinajstić information content (AvgIpc) is 3.23. The van der Waals surface area contributed by atoms with Crippen LogP contribution in [0.25, 0.3) is 11.0 Å². The van der Waals surface area contributed by atoms with E-state index in [2.05, 4.69) is 5.32 Å². The van der Waals surface area contributed by atoms with Crippen LogP contribution in [-0.2, 0) is 17.7 Å². The first kappa shape index (κ1) is 20.0. The second-order valence-corrected chi connectivity index (χ2v) is 7.99. The minimum Gasteiger partial charge on any atom is -0.506 e. The number of hydrogen-bond acceptors (Lipinski definition) is 4. The van der Waals surface area contributed by atoms with Gasteiger partial charge in [0.2, 0.25) is 0 Å². The summed E-state index contributed by atoms with van der Waals surface area (Å²) >= 11 is 6.31. The Balaban J connectivity index is 1.70. The summed E-state index contributed by atoms with van der Waals surface area (Å²) in [6, 6.07) is 11.5. The molecule has 2 heterocycles. The van der Waals surface area contributed by atoms with Crippen LogP contribution in [0.2, 0.25) is 5.02 Å². The summed E-state index contributed by atoms with van der Waals surface area (Å²) < 4.78 is 11.4. The van der Waals surface area contributed by atoms with Gasteiger partial charge in [0.15, 0.2) is 5.58 Å². The van der Waals surface area contributed by atoms with E-state index in [-0.39, 0.29) is 22.5 Å². The fourth-order valence-electron chi connectivity index (χ4n) is 3.98. The maximum atomic E-state index is 12.8. The molecular weight excluding hydrogens is 390 g/mol. The van der Waals surface area contributed by atoms with E-state index in [4.69, 9.17) is 20.8 Å². The largest absolute Gasteiger partial charge is 0.506 e. The first-order valence-electron chi connectivity index (χ1n) is 9.98. The molecule has 0 bridgehead atoms. The third-order valence-electron chi connectivity index (χ3n) is 5.63. The highest BCUT2D eigenvalue weighted by Gasteiger charge is 2.22. The minimum absolute atomic E-state index is 0.0267. The Labute approximate surface area is 174 Å². The summed E-state index contributed by atoms with van der Waals surface area (Å²) in [5.41, 5.74) is 3.08. The molecule has 1 aliphatic rings. The lowest BCUT2D eigenvalue weighted by Gasteiger charge is -2.14. The van der Waals surface area contributed by atoms with Gasteiger partial charge in [-0.1, -0.05) is 41.9 Å². The molecule has 0 amide bonds. The Kier molecular flexibility index (Phi) is 5.90. The van der Waals surface area contributed by atoms with Crippen LogP contribution >= 0.6 is 11.6 Å². The Morgan fingerprint density at radius 3 is 2.76 bits per heavy atom. The first-order chi connectivity index (χ1) is 14.0. The number of phenolic OH excluding ortho intramolecular Hbond substituents is 1. The van der Waals surface area contributed by atoms with E-state index in [1.165, 1.54) is 0 Å². The monoisotopic (exact) mass is 414 g/mol. The van der Waals surface area contributed by atoms with Crippen LogP contribution in [0.4, 0.5) is 0 Å². The van der Waals surface area contributed by atoms with Gasteiger partial charge in [0.1, 0.15) is 24.9 Å². The summed E-state index contributed by atoms with van der Waals surface area (Å²) in [5.74, 6) is -0.0267. The van der Waals surface area contributed by atoms with Crippen molar-refractivity contribution in [2.24, 2.45) is 0 Å². The molecule has 0 unspecified atom stereocenters. The predicted octanol–water partition coefficient (Wildman–Crippen LogP) is 3.29. The fourth-order valence-corrected chi connectivity index (χ4v) is 4.20. The Morgan fingerprint density at radius 1 is 1.24 bits per heavy atom. The minimum atomic E-state index is -0.374. The van der Waals surface area contributed by atoms with E-state index in [0.717, 1.165) is 42.5 Å². The lowest BCUT2D eigenvalue weighted by atomic mass is 9.98. The summed E-state index contributed by atoms with van der Waals surface area (Å²) in [7, 11) is 0. The summed E-state index contributed by atoms with van der Waals surface area (Å²) in [6.07, 6.45) is 2.86. The van der Waals surface area contributed by atoms with Gasteiger partial charge in [-0.05, 0) is 37.0 Å². The van der Waals surface area contributed by atoms with Gasteiger partial charge in [-0.2, -0.15) is 0 Å². The lowest BCUT2D eigenvalue weighted by Crippen LogP contribution is -2.84. The van der Waals surface area contributed by atoms with Gasteiger partial charge in [-0.25, -0.2) is 4.79 Å². The number of phenols is 1. The molecule has 0 spiro atoms. The molecule has 1 aromatic heterocycles. The number of aromatic hydroxyl groups is 1.